The second kappa shape index (κ2) is 7.04. The molecule has 24 heavy (non-hydrogen) atoms. The van der Waals surface area contributed by atoms with Gasteiger partial charge in [-0.05, 0) is 25.0 Å². The third-order valence-corrected chi connectivity index (χ3v) is 5.01. The molecule has 0 aliphatic carbocycles. The van der Waals surface area contributed by atoms with E-state index in [-0.39, 0.29) is 11.6 Å². The van der Waals surface area contributed by atoms with Crippen LogP contribution in [0.1, 0.15) is 12.0 Å². The molecule has 2 aromatic heterocycles. The number of rotatable bonds is 2. The molecule has 0 atom stereocenters. The third kappa shape index (κ3) is 3.43. The van der Waals surface area contributed by atoms with Gasteiger partial charge in [-0.2, -0.15) is 0 Å². The number of anilines is 2. The van der Waals surface area contributed by atoms with Gasteiger partial charge in [0.15, 0.2) is 5.13 Å². The van der Waals surface area contributed by atoms with E-state index < -0.39 is 0 Å². The summed E-state index contributed by atoms with van der Waals surface area (Å²) in [6.07, 6.45) is 4.37. The van der Waals surface area contributed by atoms with E-state index in [0.29, 0.717) is 18.8 Å². The molecule has 7 nitrogen and oxygen atoms in total. The highest BCUT2D eigenvalue weighted by molar-refractivity contribution is 7.13. The summed E-state index contributed by atoms with van der Waals surface area (Å²) in [5.41, 5.74) is 0.930. The monoisotopic (exact) mass is 347 g/mol. The highest BCUT2D eigenvalue weighted by atomic mass is 32.1. The number of hydrogen-bond acceptors (Lipinski definition) is 5. The van der Waals surface area contributed by atoms with Crippen molar-refractivity contribution in [3.8, 4) is 0 Å². The zero-order valence-corrected chi connectivity index (χ0v) is 14.7. The number of aryl methyl sites for hydroxylation is 2. The number of hydrogen-bond donors (Lipinski definition) is 1. The lowest BCUT2D eigenvalue weighted by atomic mass is 10.2. The van der Waals surface area contributed by atoms with Gasteiger partial charge in [0.2, 0.25) is 0 Å². The molecule has 1 saturated heterocycles. The van der Waals surface area contributed by atoms with E-state index in [0.717, 1.165) is 30.2 Å². The lowest BCUT2D eigenvalue weighted by molar-refractivity contribution is 0.215. The molecule has 8 heteroatoms. The van der Waals surface area contributed by atoms with Crippen LogP contribution in [0.3, 0.4) is 0 Å². The van der Waals surface area contributed by atoms with Gasteiger partial charge in [-0.15, -0.1) is 11.3 Å². The Morgan fingerprint density at radius 1 is 1.29 bits per heavy atom. The molecule has 0 saturated carbocycles. The maximum absolute atomic E-state index is 12.6. The first kappa shape index (κ1) is 16.5. The van der Waals surface area contributed by atoms with Crippen LogP contribution in [0, 0.1) is 6.92 Å². The number of urea groups is 1. The van der Waals surface area contributed by atoms with Crippen molar-refractivity contribution in [2.75, 3.05) is 36.4 Å². The molecular weight excluding hydrogens is 326 g/mol. The van der Waals surface area contributed by atoms with Crippen molar-refractivity contribution in [3.05, 3.63) is 39.8 Å². The van der Waals surface area contributed by atoms with Crippen molar-refractivity contribution >= 4 is 28.2 Å². The van der Waals surface area contributed by atoms with Gasteiger partial charge in [-0.25, -0.2) is 9.78 Å². The molecule has 0 spiro atoms. The second-order valence-electron chi connectivity index (χ2n) is 5.86. The summed E-state index contributed by atoms with van der Waals surface area (Å²) in [6.45, 7) is 4.72. The quantitative estimate of drug-likeness (QED) is 0.901. The average Bonchev–Trinajstić information content (AvgIpc) is 2.99. The van der Waals surface area contributed by atoms with Crippen LogP contribution in [-0.4, -0.2) is 46.7 Å². The number of pyridine rings is 1. The van der Waals surface area contributed by atoms with Gasteiger partial charge in [0.1, 0.15) is 5.69 Å². The summed E-state index contributed by atoms with van der Waals surface area (Å²) >= 11 is 1.61. The Balaban J connectivity index is 1.68. The molecule has 128 valence electrons. The Morgan fingerprint density at radius 2 is 2.12 bits per heavy atom. The van der Waals surface area contributed by atoms with Crippen LogP contribution in [0.2, 0.25) is 0 Å². The minimum atomic E-state index is -0.220. The van der Waals surface area contributed by atoms with Crippen LogP contribution in [0.15, 0.2) is 28.6 Å². The van der Waals surface area contributed by atoms with E-state index in [4.69, 9.17) is 0 Å². The number of carbonyl (C=O) groups excluding carboxylic acids is 1. The van der Waals surface area contributed by atoms with Crippen LogP contribution in [0.5, 0.6) is 0 Å². The van der Waals surface area contributed by atoms with Gasteiger partial charge in [-0.3, -0.25) is 4.79 Å². The lowest BCUT2D eigenvalue weighted by Gasteiger charge is -2.22. The number of nitrogens with one attached hydrogen (secondary N) is 1. The van der Waals surface area contributed by atoms with Crippen molar-refractivity contribution in [2.45, 2.75) is 13.3 Å². The number of thiazole rings is 1. The van der Waals surface area contributed by atoms with Crippen molar-refractivity contribution in [2.24, 2.45) is 7.05 Å². The van der Waals surface area contributed by atoms with Gasteiger partial charge in [-0.1, -0.05) is 0 Å². The molecule has 3 heterocycles. The number of nitrogens with zero attached hydrogens (tertiary/aromatic N) is 4. The van der Waals surface area contributed by atoms with Gasteiger partial charge >= 0.3 is 6.03 Å². The van der Waals surface area contributed by atoms with E-state index in [9.17, 15) is 9.59 Å². The van der Waals surface area contributed by atoms with Crippen molar-refractivity contribution < 1.29 is 4.79 Å². The van der Waals surface area contributed by atoms with Crippen LogP contribution in [0.25, 0.3) is 0 Å². The van der Waals surface area contributed by atoms with Crippen molar-refractivity contribution in [1.29, 1.82) is 0 Å². The molecule has 2 amide bonds. The van der Waals surface area contributed by atoms with Crippen LogP contribution >= 0.6 is 11.3 Å². The Hall–Kier alpha value is -2.35. The molecule has 2 aromatic rings. The smallest absolute Gasteiger partial charge is 0.322 e. The maximum Gasteiger partial charge on any atom is 0.322 e. The van der Waals surface area contributed by atoms with E-state index >= 15 is 0 Å². The molecule has 0 aromatic carbocycles. The molecule has 1 fully saturated rings. The Morgan fingerprint density at radius 3 is 2.88 bits per heavy atom. The molecule has 0 bridgehead atoms. The summed E-state index contributed by atoms with van der Waals surface area (Å²) in [7, 11) is 1.68. The van der Waals surface area contributed by atoms with E-state index in [1.807, 2.05) is 18.4 Å². The summed E-state index contributed by atoms with van der Waals surface area (Å²) in [6, 6.07) is 1.60. The van der Waals surface area contributed by atoms with Crippen molar-refractivity contribution in [1.82, 2.24) is 14.5 Å². The Kier molecular flexibility index (Phi) is 4.84. The second-order valence-corrected chi connectivity index (χ2v) is 6.74. The standard InChI is InChI=1S/C16H21N5O2S/c1-12-4-8-19(2)14(22)13(12)18-15(23)20-6-3-7-21(10-9-20)16-17-5-11-24-16/h4-5,8,11H,3,6-7,9-10H2,1-2H3,(H,18,23). The zero-order chi connectivity index (χ0) is 17.1. The number of amides is 2. The SMILES string of the molecule is Cc1ccn(C)c(=O)c1NC(=O)N1CCCN(c2nccs2)CC1. The van der Waals surface area contributed by atoms with Gasteiger partial charge in [0, 0.05) is 51.0 Å². The predicted octanol–water partition coefficient (Wildman–Crippen LogP) is 1.89. The van der Waals surface area contributed by atoms with Crippen molar-refractivity contribution in [3.63, 3.8) is 0 Å². The molecular formula is C16H21N5O2S. The first-order valence-corrected chi connectivity index (χ1v) is 8.81. The minimum absolute atomic E-state index is 0.192. The van der Waals surface area contributed by atoms with E-state index in [1.165, 1.54) is 4.57 Å². The van der Waals surface area contributed by atoms with Gasteiger partial charge in [0.05, 0.1) is 0 Å². The largest absolute Gasteiger partial charge is 0.346 e. The first-order chi connectivity index (χ1) is 11.6. The van der Waals surface area contributed by atoms with E-state index in [1.54, 1.807) is 35.7 Å². The summed E-state index contributed by atoms with van der Waals surface area (Å²) < 4.78 is 1.47. The van der Waals surface area contributed by atoms with Crippen LogP contribution < -0.4 is 15.8 Å². The predicted molar refractivity (Wildman–Crippen MR) is 96.0 cm³/mol. The third-order valence-electron chi connectivity index (χ3n) is 4.18. The highest BCUT2D eigenvalue weighted by Gasteiger charge is 2.21. The minimum Gasteiger partial charge on any atom is -0.346 e. The first-order valence-electron chi connectivity index (χ1n) is 7.93. The van der Waals surface area contributed by atoms with Crippen LogP contribution in [-0.2, 0) is 7.05 Å². The maximum atomic E-state index is 12.6. The number of carbonyl (C=O) groups is 1. The molecule has 1 N–H and O–H groups in total. The topological polar surface area (TPSA) is 70.5 Å². The fraction of sp³-hybridized carbons (Fsp3) is 0.438. The summed E-state index contributed by atoms with van der Waals surface area (Å²) in [5.74, 6) is 0. The van der Waals surface area contributed by atoms with E-state index in [2.05, 4.69) is 15.2 Å². The molecule has 0 unspecified atom stereocenters. The fourth-order valence-corrected chi connectivity index (χ4v) is 3.44. The average molecular weight is 347 g/mol. The molecule has 1 aliphatic heterocycles. The van der Waals surface area contributed by atoms with Gasteiger partial charge in [0.25, 0.3) is 5.56 Å². The zero-order valence-electron chi connectivity index (χ0n) is 13.9. The Bertz CT molecular complexity index is 771. The van der Waals surface area contributed by atoms with Gasteiger partial charge < -0.3 is 19.7 Å². The molecule has 1 aliphatic rings. The normalized spacial score (nSPS) is 15.2. The lowest BCUT2D eigenvalue weighted by Crippen LogP contribution is -2.39. The fourth-order valence-electron chi connectivity index (χ4n) is 2.74. The van der Waals surface area contributed by atoms with Crippen LogP contribution in [0.4, 0.5) is 15.6 Å². The summed E-state index contributed by atoms with van der Waals surface area (Å²) in [4.78, 5) is 33.1. The Labute approximate surface area is 144 Å². The molecule has 3 rings (SSSR count). The summed E-state index contributed by atoms with van der Waals surface area (Å²) in [5, 5.41) is 5.74. The highest BCUT2D eigenvalue weighted by Crippen LogP contribution is 2.19. The molecule has 0 radical (unpaired) electrons. The number of aromatic nitrogens is 2.